The van der Waals surface area contributed by atoms with Gasteiger partial charge in [0.25, 0.3) is 5.91 Å². The second-order valence-electron chi connectivity index (χ2n) is 5.95. The monoisotopic (exact) mass is 313 g/mol. The molecule has 0 saturated heterocycles. The average molecular weight is 313 g/mol. The largest absolute Gasteiger partial charge is 0.497 e. The van der Waals surface area contributed by atoms with Crippen molar-refractivity contribution in [3.8, 4) is 11.4 Å². The molecule has 1 heterocycles. The molecule has 1 saturated carbocycles. The summed E-state index contributed by atoms with van der Waals surface area (Å²) in [5.74, 6) is 1.24. The molecule has 1 aliphatic carbocycles. The molecule has 0 bridgehead atoms. The number of rotatable bonds is 7. The second-order valence-corrected chi connectivity index (χ2v) is 5.95. The van der Waals surface area contributed by atoms with Crippen LogP contribution in [0.3, 0.4) is 0 Å². The number of unbranched alkanes of at least 4 members (excludes halogenated alkanes) is 1. The number of hydrogen-bond donors (Lipinski definition) is 1. The quantitative estimate of drug-likeness (QED) is 0.798. The number of nitrogens with zero attached hydrogens (tertiary/aromatic N) is 2. The Morgan fingerprint density at radius 2 is 2.09 bits per heavy atom. The lowest BCUT2D eigenvalue weighted by Crippen LogP contribution is -2.24. The molecule has 5 heteroatoms. The van der Waals surface area contributed by atoms with E-state index in [9.17, 15) is 4.79 Å². The molecule has 0 radical (unpaired) electrons. The van der Waals surface area contributed by atoms with Crippen LogP contribution >= 0.6 is 0 Å². The molecule has 23 heavy (non-hydrogen) atoms. The molecule has 1 fully saturated rings. The van der Waals surface area contributed by atoms with Crippen molar-refractivity contribution >= 4 is 5.91 Å². The standard InChI is InChI=1S/C18H23N3O2/c1-3-4-11-19-18(22)16-12-17(13-5-6-13)21(20-16)14-7-9-15(23-2)10-8-14/h7-10,12-13H,3-6,11H2,1-2H3,(H,19,22). The van der Waals surface area contributed by atoms with Crippen LogP contribution in [0.2, 0.25) is 0 Å². The fraction of sp³-hybridized carbons (Fsp3) is 0.444. The van der Waals surface area contributed by atoms with E-state index < -0.39 is 0 Å². The van der Waals surface area contributed by atoms with Crippen LogP contribution in [0.15, 0.2) is 30.3 Å². The summed E-state index contributed by atoms with van der Waals surface area (Å²) in [6.07, 6.45) is 4.38. The van der Waals surface area contributed by atoms with Crippen molar-refractivity contribution in [1.29, 1.82) is 0 Å². The summed E-state index contributed by atoms with van der Waals surface area (Å²) in [5, 5.41) is 7.47. The average Bonchev–Trinajstić information content (AvgIpc) is 3.33. The van der Waals surface area contributed by atoms with E-state index in [1.807, 2.05) is 35.0 Å². The molecular formula is C18H23N3O2. The van der Waals surface area contributed by atoms with Crippen LogP contribution in [0.4, 0.5) is 0 Å². The predicted molar refractivity (Wildman–Crippen MR) is 89.3 cm³/mol. The lowest BCUT2D eigenvalue weighted by atomic mass is 10.2. The fourth-order valence-electron chi connectivity index (χ4n) is 2.58. The van der Waals surface area contributed by atoms with Gasteiger partial charge in [-0.1, -0.05) is 13.3 Å². The maximum absolute atomic E-state index is 12.3. The van der Waals surface area contributed by atoms with Crippen molar-refractivity contribution in [3.05, 3.63) is 41.7 Å². The van der Waals surface area contributed by atoms with Crippen LogP contribution in [-0.2, 0) is 0 Å². The highest BCUT2D eigenvalue weighted by Crippen LogP contribution is 2.41. The van der Waals surface area contributed by atoms with Gasteiger partial charge in [-0.25, -0.2) is 4.68 Å². The van der Waals surface area contributed by atoms with Crippen molar-refractivity contribution in [2.45, 2.75) is 38.5 Å². The first-order valence-electron chi connectivity index (χ1n) is 8.25. The van der Waals surface area contributed by atoms with Crippen LogP contribution in [0.25, 0.3) is 5.69 Å². The number of aromatic nitrogens is 2. The van der Waals surface area contributed by atoms with Gasteiger partial charge in [-0.05, 0) is 49.6 Å². The van der Waals surface area contributed by atoms with Gasteiger partial charge in [0, 0.05) is 18.2 Å². The van der Waals surface area contributed by atoms with E-state index in [1.54, 1.807) is 7.11 Å². The van der Waals surface area contributed by atoms with E-state index in [0.717, 1.165) is 30.0 Å². The molecule has 1 aromatic carbocycles. The minimum Gasteiger partial charge on any atom is -0.497 e. The highest BCUT2D eigenvalue weighted by atomic mass is 16.5. The molecule has 1 aromatic heterocycles. The summed E-state index contributed by atoms with van der Waals surface area (Å²) in [4.78, 5) is 12.3. The number of carbonyl (C=O) groups is 1. The molecule has 1 amide bonds. The zero-order valence-electron chi connectivity index (χ0n) is 13.7. The van der Waals surface area contributed by atoms with Crippen LogP contribution in [0.1, 0.15) is 54.7 Å². The molecule has 0 atom stereocenters. The molecular weight excluding hydrogens is 290 g/mol. The maximum Gasteiger partial charge on any atom is 0.271 e. The summed E-state index contributed by atoms with van der Waals surface area (Å²) in [7, 11) is 1.65. The smallest absolute Gasteiger partial charge is 0.271 e. The number of amides is 1. The second kappa shape index (κ2) is 6.86. The molecule has 0 unspecified atom stereocenters. The van der Waals surface area contributed by atoms with Crippen molar-refractivity contribution in [2.75, 3.05) is 13.7 Å². The van der Waals surface area contributed by atoms with Crippen molar-refractivity contribution in [2.24, 2.45) is 0 Å². The van der Waals surface area contributed by atoms with E-state index >= 15 is 0 Å². The van der Waals surface area contributed by atoms with E-state index in [-0.39, 0.29) is 5.91 Å². The minimum absolute atomic E-state index is 0.0902. The first-order valence-corrected chi connectivity index (χ1v) is 8.25. The Morgan fingerprint density at radius 1 is 1.35 bits per heavy atom. The van der Waals surface area contributed by atoms with Crippen molar-refractivity contribution in [3.63, 3.8) is 0 Å². The molecule has 1 N–H and O–H groups in total. The van der Waals surface area contributed by atoms with E-state index in [2.05, 4.69) is 17.3 Å². The molecule has 2 aromatic rings. The van der Waals surface area contributed by atoms with Gasteiger partial charge in [0.2, 0.25) is 0 Å². The molecule has 3 rings (SSSR count). The van der Waals surface area contributed by atoms with Gasteiger partial charge in [-0.2, -0.15) is 5.10 Å². The third kappa shape index (κ3) is 3.55. The summed E-state index contributed by atoms with van der Waals surface area (Å²) in [6, 6.07) is 9.69. The highest BCUT2D eigenvalue weighted by Gasteiger charge is 2.29. The Labute approximate surface area is 136 Å². The molecule has 0 aliphatic heterocycles. The minimum atomic E-state index is -0.0902. The molecule has 122 valence electrons. The Hall–Kier alpha value is -2.30. The van der Waals surface area contributed by atoms with E-state index in [4.69, 9.17) is 4.74 Å². The van der Waals surface area contributed by atoms with Gasteiger partial charge < -0.3 is 10.1 Å². The highest BCUT2D eigenvalue weighted by molar-refractivity contribution is 5.92. The Morgan fingerprint density at radius 3 is 2.70 bits per heavy atom. The normalized spacial score (nSPS) is 13.8. The van der Waals surface area contributed by atoms with Crippen LogP contribution in [-0.4, -0.2) is 29.3 Å². The number of methoxy groups -OCH3 is 1. The lowest BCUT2D eigenvalue weighted by Gasteiger charge is -2.07. The number of benzene rings is 1. The summed E-state index contributed by atoms with van der Waals surface area (Å²) in [6.45, 7) is 2.80. The number of hydrogen-bond acceptors (Lipinski definition) is 3. The Balaban J connectivity index is 1.85. The SMILES string of the molecule is CCCCNC(=O)c1cc(C2CC2)n(-c2ccc(OC)cc2)n1. The van der Waals surface area contributed by atoms with E-state index in [0.29, 0.717) is 18.2 Å². The molecule has 1 aliphatic rings. The molecule has 0 spiro atoms. The number of carbonyl (C=O) groups excluding carboxylic acids is 1. The zero-order valence-corrected chi connectivity index (χ0v) is 13.7. The summed E-state index contributed by atoms with van der Waals surface area (Å²) in [5.41, 5.74) is 2.58. The van der Waals surface area contributed by atoms with Crippen molar-refractivity contribution < 1.29 is 9.53 Å². The number of ether oxygens (including phenoxy) is 1. The topological polar surface area (TPSA) is 56.2 Å². The van der Waals surface area contributed by atoms with Gasteiger partial charge in [-0.15, -0.1) is 0 Å². The molecule has 5 nitrogen and oxygen atoms in total. The van der Waals surface area contributed by atoms with Crippen LogP contribution in [0, 0.1) is 0 Å². The van der Waals surface area contributed by atoms with Crippen molar-refractivity contribution in [1.82, 2.24) is 15.1 Å². The maximum atomic E-state index is 12.3. The lowest BCUT2D eigenvalue weighted by molar-refractivity contribution is 0.0947. The predicted octanol–water partition coefficient (Wildman–Crippen LogP) is 3.29. The third-order valence-corrected chi connectivity index (χ3v) is 4.10. The Bertz CT molecular complexity index is 672. The summed E-state index contributed by atoms with van der Waals surface area (Å²) >= 11 is 0. The third-order valence-electron chi connectivity index (χ3n) is 4.10. The van der Waals surface area contributed by atoms with Crippen LogP contribution in [0.5, 0.6) is 5.75 Å². The van der Waals surface area contributed by atoms with Gasteiger partial charge in [0.05, 0.1) is 12.8 Å². The fourth-order valence-corrected chi connectivity index (χ4v) is 2.58. The summed E-state index contributed by atoms with van der Waals surface area (Å²) < 4.78 is 7.09. The van der Waals surface area contributed by atoms with Gasteiger partial charge in [-0.3, -0.25) is 4.79 Å². The first kappa shape index (κ1) is 15.6. The Kier molecular flexibility index (Phi) is 4.65. The van der Waals surface area contributed by atoms with Gasteiger partial charge in [0.1, 0.15) is 5.75 Å². The van der Waals surface area contributed by atoms with Gasteiger partial charge in [0.15, 0.2) is 5.69 Å². The van der Waals surface area contributed by atoms with E-state index in [1.165, 1.54) is 12.8 Å². The number of nitrogens with one attached hydrogen (secondary N) is 1. The van der Waals surface area contributed by atoms with Gasteiger partial charge >= 0.3 is 0 Å². The zero-order chi connectivity index (χ0) is 16.2. The first-order chi connectivity index (χ1) is 11.2. The van der Waals surface area contributed by atoms with Crippen LogP contribution < -0.4 is 10.1 Å².